The van der Waals surface area contributed by atoms with Crippen molar-refractivity contribution in [2.75, 3.05) is 31.1 Å². The fourth-order valence-corrected chi connectivity index (χ4v) is 3.21. The average Bonchev–Trinajstić information content (AvgIpc) is 2.57. The van der Waals surface area contributed by atoms with E-state index in [0.717, 1.165) is 38.3 Å². The van der Waals surface area contributed by atoms with E-state index < -0.39 is 0 Å². The van der Waals surface area contributed by atoms with Crippen molar-refractivity contribution in [3.8, 4) is 0 Å². The van der Waals surface area contributed by atoms with Crippen molar-refractivity contribution in [1.29, 1.82) is 0 Å². The van der Waals surface area contributed by atoms with Crippen molar-refractivity contribution in [2.45, 2.75) is 12.4 Å². The minimum absolute atomic E-state index is 0.248. The molecule has 3 rings (SSSR count). The second kappa shape index (κ2) is 7.52. The molecule has 1 fully saturated rings. The van der Waals surface area contributed by atoms with Crippen molar-refractivity contribution in [3.63, 3.8) is 0 Å². The standard InChI is InChI=1S/C18H19Cl2FN2/c19-12-14-1-3-15(4-2-14)13-22-7-9-23(10-8-22)18-6-5-16(20)11-17(18)21/h1-6,11H,7-10,12-13H2. The first-order valence-corrected chi connectivity index (χ1v) is 8.63. The minimum Gasteiger partial charge on any atom is -0.367 e. The lowest BCUT2D eigenvalue weighted by Gasteiger charge is -2.36. The monoisotopic (exact) mass is 352 g/mol. The Labute approximate surface area is 146 Å². The highest BCUT2D eigenvalue weighted by atomic mass is 35.5. The van der Waals surface area contributed by atoms with Crippen LogP contribution in [-0.2, 0) is 12.4 Å². The Morgan fingerprint density at radius 3 is 2.17 bits per heavy atom. The van der Waals surface area contributed by atoms with Gasteiger partial charge in [-0.2, -0.15) is 0 Å². The van der Waals surface area contributed by atoms with Crippen LogP contribution < -0.4 is 4.90 Å². The zero-order valence-electron chi connectivity index (χ0n) is 12.8. The number of rotatable bonds is 4. The first kappa shape index (κ1) is 16.6. The van der Waals surface area contributed by atoms with Gasteiger partial charge in [-0.3, -0.25) is 4.90 Å². The molecule has 1 heterocycles. The number of alkyl halides is 1. The van der Waals surface area contributed by atoms with Crippen LogP contribution in [0.4, 0.5) is 10.1 Å². The SMILES string of the molecule is Fc1cc(Cl)ccc1N1CCN(Cc2ccc(CCl)cc2)CC1. The Hall–Kier alpha value is -1.29. The predicted octanol–water partition coefficient (Wildman–Crippen LogP) is 4.54. The van der Waals surface area contributed by atoms with Crippen molar-refractivity contribution < 1.29 is 4.39 Å². The summed E-state index contributed by atoms with van der Waals surface area (Å²) in [6.45, 7) is 4.38. The topological polar surface area (TPSA) is 6.48 Å². The van der Waals surface area contributed by atoms with E-state index >= 15 is 0 Å². The number of halogens is 3. The van der Waals surface area contributed by atoms with E-state index in [1.54, 1.807) is 12.1 Å². The summed E-state index contributed by atoms with van der Waals surface area (Å²) in [5.74, 6) is 0.300. The van der Waals surface area contributed by atoms with E-state index in [1.807, 2.05) is 0 Å². The highest BCUT2D eigenvalue weighted by Crippen LogP contribution is 2.24. The maximum absolute atomic E-state index is 14.0. The molecule has 23 heavy (non-hydrogen) atoms. The zero-order chi connectivity index (χ0) is 16.2. The molecule has 0 radical (unpaired) electrons. The van der Waals surface area contributed by atoms with Crippen molar-refractivity contribution in [3.05, 3.63) is 64.4 Å². The van der Waals surface area contributed by atoms with E-state index in [-0.39, 0.29) is 5.82 Å². The van der Waals surface area contributed by atoms with Crippen molar-refractivity contribution in [1.82, 2.24) is 4.90 Å². The van der Waals surface area contributed by atoms with Crippen LogP contribution in [0.2, 0.25) is 5.02 Å². The lowest BCUT2D eigenvalue weighted by atomic mass is 10.1. The third kappa shape index (κ3) is 4.17. The molecule has 0 amide bonds. The van der Waals surface area contributed by atoms with E-state index in [1.165, 1.54) is 11.6 Å². The number of anilines is 1. The molecule has 1 saturated heterocycles. The van der Waals surface area contributed by atoms with Crippen LogP contribution in [0.25, 0.3) is 0 Å². The molecule has 1 aliphatic heterocycles. The Bertz CT molecular complexity index is 653. The summed E-state index contributed by atoms with van der Waals surface area (Å²) in [5, 5.41) is 0.435. The van der Waals surface area contributed by atoms with E-state index in [9.17, 15) is 4.39 Å². The molecule has 2 aromatic carbocycles. The molecular formula is C18H19Cl2FN2. The van der Waals surface area contributed by atoms with Crippen LogP contribution in [0.15, 0.2) is 42.5 Å². The second-order valence-corrected chi connectivity index (χ2v) is 6.51. The molecule has 0 unspecified atom stereocenters. The molecule has 5 heteroatoms. The number of nitrogens with zero attached hydrogens (tertiary/aromatic N) is 2. The fourth-order valence-electron chi connectivity index (χ4n) is 2.88. The number of hydrogen-bond acceptors (Lipinski definition) is 2. The normalized spacial score (nSPS) is 15.9. The lowest BCUT2D eigenvalue weighted by Crippen LogP contribution is -2.46. The van der Waals surface area contributed by atoms with Crippen LogP contribution in [0.3, 0.4) is 0 Å². The molecule has 0 aromatic heterocycles. The van der Waals surface area contributed by atoms with Gasteiger partial charge in [-0.15, -0.1) is 11.6 Å². The molecule has 1 aliphatic rings. The first-order valence-electron chi connectivity index (χ1n) is 7.72. The van der Waals surface area contributed by atoms with Crippen LogP contribution in [0, 0.1) is 5.82 Å². The molecule has 122 valence electrons. The summed E-state index contributed by atoms with van der Waals surface area (Å²) < 4.78 is 14.0. The number of hydrogen-bond donors (Lipinski definition) is 0. The van der Waals surface area contributed by atoms with Crippen LogP contribution in [0.5, 0.6) is 0 Å². The smallest absolute Gasteiger partial charge is 0.147 e. The summed E-state index contributed by atoms with van der Waals surface area (Å²) in [7, 11) is 0. The molecule has 2 aromatic rings. The maximum Gasteiger partial charge on any atom is 0.147 e. The molecule has 0 saturated carbocycles. The molecule has 2 nitrogen and oxygen atoms in total. The van der Waals surface area contributed by atoms with Crippen molar-refractivity contribution in [2.24, 2.45) is 0 Å². The third-order valence-corrected chi connectivity index (χ3v) is 4.75. The van der Waals surface area contributed by atoms with Gasteiger partial charge in [0.15, 0.2) is 0 Å². The molecule has 0 bridgehead atoms. The molecule has 0 N–H and O–H groups in total. The summed E-state index contributed by atoms with van der Waals surface area (Å²) in [6, 6.07) is 13.3. The molecule has 0 atom stereocenters. The molecule has 0 aliphatic carbocycles. The Morgan fingerprint density at radius 2 is 1.57 bits per heavy atom. The zero-order valence-corrected chi connectivity index (χ0v) is 14.3. The van der Waals surface area contributed by atoms with Gasteiger partial charge in [-0.25, -0.2) is 4.39 Å². The van der Waals surface area contributed by atoms with Gasteiger partial charge in [-0.05, 0) is 29.3 Å². The molecular weight excluding hydrogens is 334 g/mol. The lowest BCUT2D eigenvalue weighted by molar-refractivity contribution is 0.249. The van der Waals surface area contributed by atoms with Crippen LogP contribution >= 0.6 is 23.2 Å². The van der Waals surface area contributed by atoms with E-state index in [4.69, 9.17) is 23.2 Å². The maximum atomic E-state index is 14.0. The van der Waals surface area contributed by atoms with Crippen LogP contribution in [-0.4, -0.2) is 31.1 Å². The van der Waals surface area contributed by atoms with Gasteiger partial charge in [-0.1, -0.05) is 35.9 Å². The fraction of sp³-hybridized carbons (Fsp3) is 0.333. The summed E-state index contributed by atoms with van der Waals surface area (Å²) >= 11 is 11.6. The van der Waals surface area contributed by atoms with Gasteiger partial charge in [0, 0.05) is 43.6 Å². The Morgan fingerprint density at radius 1 is 0.913 bits per heavy atom. The van der Waals surface area contributed by atoms with E-state index in [0.29, 0.717) is 16.6 Å². The average molecular weight is 353 g/mol. The largest absolute Gasteiger partial charge is 0.367 e. The van der Waals surface area contributed by atoms with Gasteiger partial charge < -0.3 is 4.90 Å². The first-order chi connectivity index (χ1) is 11.2. The summed E-state index contributed by atoms with van der Waals surface area (Å²) in [4.78, 5) is 4.47. The number of piperazine rings is 1. The van der Waals surface area contributed by atoms with E-state index in [2.05, 4.69) is 34.1 Å². The quantitative estimate of drug-likeness (QED) is 0.745. The Balaban J connectivity index is 1.57. The summed E-state index contributed by atoms with van der Waals surface area (Å²) in [5.41, 5.74) is 3.06. The number of benzene rings is 2. The summed E-state index contributed by atoms with van der Waals surface area (Å²) in [6.07, 6.45) is 0. The highest BCUT2D eigenvalue weighted by molar-refractivity contribution is 6.30. The van der Waals surface area contributed by atoms with Gasteiger partial charge in [0.2, 0.25) is 0 Å². The minimum atomic E-state index is -0.248. The molecule has 0 spiro atoms. The van der Waals surface area contributed by atoms with Gasteiger partial charge in [0.1, 0.15) is 5.82 Å². The van der Waals surface area contributed by atoms with Gasteiger partial charge >= 0.3 is 0 Å². The second-order valence-electron chi connectivity index (χ2n) is 5.81. The predicted molar refractivity (Wildman–Crippen MR) is 94.9 cm³/mol. The third-order valence-electron chi connectivity index (χ3n) is 4.21. The van der Waals surface area contributed by atoms with Gasteiger partial charge in [0.25, 0.3) is 0 Å². The Kier molecular flexibility index (Phi) is 5.42. The highest BCUT2D eigenvalue weighted by Gasteiger charge is 2.19. The van der Waals surface area contributed by atoms with Crippen molar-refractivity contribution >= 4 is 28.9 Å². The van der Waals surface area contributed by atoms with Crippen LogP contribution in [0.1, 0.15) is 11.1 Å². The van der Waals surface area contributed by atoms with Gasteiger partial charge in [0.05, 0.1) is 5.69 Å².